The molecular weight excluding hydrogens is 340 g/mol. The van der Waals surface area contributed by atoms with E-state index < -0.39 is 17.7 Å². The number of carbonyl (C=O) groups is 2. The minimum Gasteiger partial charge on any atom is -0.460 e. The summed E-state index contributed by atoms with van der Waals surface area (Å²) in [6.07, 6.45) is -0.265. The summed E-state index contributed by atoms with van der Waals surface area (Å²) in [5, 5.41) is 0. The predicted octanol–water partition coefficient (Wildman–Crippen LogP) is 4.76. The van der Waals surface area contributed by atoms with E-state index >= 15 is 0 Å². The van der Waals surface area contributed by atoms with Crippen LogP contribution in [-0.4, -0.2) is 17.5 Å². The fourth-order valence-electron chi connectivity index (χ4n) is 3.19. The first-order valence-electron chi connectivity index (χ1n) is 8.96. The van der Waals surface area contributed by atoms with E-state index in [1.54, 1.807) is 6.92 Å². The summed E-state index contributed by atoms with van der Waals surface area (Å²) >= 11 is 0. The molecule has 4 heteroatoms. The van der Waals surface area contributed by atoms with Crippen LogP contribution in [0.3, 0.4) is 0 Å². The molecule has 0 fully saturated rings. The Morgan fingerprint density at radius 1 is 1.04 bits per heavy atom. The number of benzene rings is 2. The third-order valence-electron chi connectivity index (χ3n) is 4.28. The molecule has 1 atom stereocenters. The van der Waals surface area contributed by atoms with Crippen molar-refractivity contribution in [3.05, 3.63) is 71.3 Å². The van der Waals surface area contributed by atoms with Crippen LogP contribution in [0.4, 0.5) is 0 Å². The maximum atomic E-state index is 12.2. The van der Waals surface area contributed by atoms with Gasteiger partial charge in [-0.2, -0.15) is 0 Å². The zero-order valence-corrected chi connectivity index (χ0v) is 16.2. The van der Waals surface area contributed by atoms with Crippen molar-refractivity contribution >= 4 is 11.9 Å². The number of hydrogen-bond donors (Lipinski definition) is 0. The van der Waals surface area contributed by atoms with E-state index in [4.69, 9.17) is 9.47 Å². The number of carbonyl (C=O) groups excluding carboxylic acids is 2. The van der Waals surface area contributed by atoms with Gasteiger partial charge < -0.3 is 9.47 Å². The van der Waals surface area contributed by atoms with Gasteiger partial charge in [0.2, 0.25) is 0 Å². The van der Waals surface area contributed by atoms with Crippen molar-refractivity contribution in [1.29, 1.82) is 0 Å². The minimum absolute atomic E-state index is 0.197. The Morgan fingerprint density at radius 3 is 2.37 bits per heavy atom. The van der Waals surface area contributed by atoms with Crippen LogP contribution in [0.2, 0.25) is 0 Å². The number of rotatable bonds is 4. The third kappa shape index (κ3) is 4.11. The second-order valence-electron chi connectivity index (χ2n) is 7.84. The SMILES string of the molecule is C=C(C)C(=O)OC1c2ccccc2-c2cc(CC(=O)OC(C)(C)C)ccc21. The molecule has 0 amide bonds. The van der Waals surface area contributed by atoms with Gasteiger partial charge in [0.25, 0.3) is 0 Å². The summed E-state index contributed by atoms with van der Waals surface area (Å²) in [4.78, 5) is 24.2. The van der Waals surface area contributed by atoms with Gasteiger partial charge in [0.1, 0.15) is 5.60 Å². The average molecular weight is 364 g/mol. The van der Waals surface area contributed by atoms with Crippen molar-refractivity contribution in [2.45, 2.75) is 45.8 Å². The molecule has 27 heavy (non-hydrogen) atoms. The molecule has 3 rings (SSSR count). The normalized spacial score (nSPS) is 14.9. The molecule has 0 spiro atoms. The number of hydrogen-bond acceptors (Lipinski definition) is 4. The Kier molecular flexibility index (Phi) is 4.92. The molecule has 4 nitrogen and oxygen atoms in total. The summed E-state index contributed by atoms with van der Waals surface area (Å²) < 4.78 is 11.1. The van der Waals surface area contributed by atoms with Crippen molar-refractivity contribution in [1.82, 2.24) is 0 Å². The number of fused-ring (bicyclic) bond motifs is 3. The van der Waals surface area contributed by atoms with Gasteiger partial charge in [0, 0.05) is 16.7 Å². The van der Waals surface area contributed by atoms with E-state index in [0.717, 1.165) is 27.8 Å². The van der Waals surface area contributed by atoms with Crippen LogP contribution < -0.4 is 0 Å². The summed E-state index contributed by atoms with van der Waals surface area (Å²) in [5.74, 6) is -0.681. The van der Waals surface area contributed by atoms with Crippen LogP contribution in [-0.2, 0) is 25.5 Å². The van der Waals surface area contributed by atoms with Gasteiger partial charge in [-0.05, 0) is 44.4 Å². The van der Waals surface area contributed by atoms with Crippen LogP contribution in [0.25, 0.3) is 11.1 Å². The highest BCUT2D eigenvalue weighted by Crippen LogP contribution is 2.45. The molecule has 2 aromatic rings. The Balaban J connectivity index is 1.93. The maximum Gasteiger partial charge on any atom is 0.334 e. The Bertz CT molecular complexity index is 918. The van der Waals surface area contributed by atoms with E-state index in [0.29, 0.717) is 5.57 Å². The molecular formula is C23H24O4. The molecule has 0 radical (unpaired) electrons. The Morgan fingerprint density at radius 2 is 1.70 bits per heavy atom. The molecule has 0 saturated carbocycles. The standard InChI is InChI=1S/C23H24O4/c1-14(2)22(25)26-21-17-9-7-6-8-16(17)19-12-15(10-11-18(19)21)13-20(24)27-23(3,4)5/h6-12,21H,1,13H2,2-5H3. The fraction of sp³-hybridized carbons (Fsp3) is 0.304. The van der Waals surface area contributed by atoms with Crippen LogP contribution in [0.5, 0.6) is 0 Å². The smallest absolute Gasteiger partial charge is 0.334 e. The lowest BCUT2D eigenvalue weighted by Gasteiger charge is -2.19. The van der Waals surface area contributed by atoms with Crippen molar-refractivity contribution in [2.75, 3.05) is 0 Å². The summed E-state index contributed by atoms with van der Waals surface area (Å²) in [5.41, 5.74) is 4.56. The fourth-order valence-corrected chi connectivity index (χ4v) is 3.19. The van der Waals surface area contributed by atoms with Gasteiger partial charge in [0.15, 0.2) is 6.10 Å². The van der Waals surface area contributed by atoms with Gasteiger partial charge in [-0.25, -0.2) is 4.79 Å². The minimum atomic E-state index is -0.512. The zero-order valence-electron chi connectivity index (χ0n) is 16.2. The van der Waals surface area contributed by atoms with Gasteiger partial charge >= 0.3 is 11.9 Å². The molecule has 1 unspecified atom stereocenters. The molecule has 1 aliphatic rings. The summed E-state index contributed by atoms with van der Waals surface area (Å²) in [6.45, 7) is 10.8. The van der Waals surface area contributed by atoms with Crippen LogP contribution in [0.15, 0.2) is 54.6 Å². The van der Waals surface area contributed by atoms with Crippen molar-refractivity contribution in [2.24, 2.45) is 0 Å². The predicted molar refractivity (Wildman–Crippen MR) is 104 cm³/mol. The lowest BCUT2D eigenvalue weighted by atomic mass is 10.0. The molecule has 0 N–H and O–H groups in total. The molecule has 140 valence electrons. The number of ether oxygens (including phenoxy) is 2. The average Bonchev–Trinajstić information content (AvgIpc) is 2.87. The van der Waals surface area contributed by atoms with Crippen LogP contribution in [0.1, 0.15) is 50.5 Å². The molecule has 1 aliphatic carbocycles. The van der Waals surface area contributed by atoms with E-state index in [2.05, 4.69) is 6.58 Å². The van der Waals surface area contributed by atoms with E-state index in [-0.39, 0.29) is 12.4 Å². The highest BCUT2D eigenvalue weighted by Gasteiger charge is 2.32. The largest absolute Gasteiger partial charge is 0.460 e. The molecule has 0 aromatic heterocycles. The second kappa shape index (κ2) is 7.03. The highest BCUT2D eigenvalue weighted by atomic mass is 16.6. The van der Waals surface area contributed by atoms with Gasteiger partial charge in [-0.3, -0.25) is 4.79 Å². The Labute approximate surface area is 159 Å². The molecule has 0 saturated heterocycles. The first-order valence-corrected chi connectivity index (χ1v) is 8.96. The summed E-state index contributed by atoms with van der Waals surface area (Å²) in [7, 11) is 0. The monoisotopic (exact) mass is 364 g/mol. The van der Waals surface area contributed by atoms with Crippen LogP contribution >= 0.6 is 0 Å². The quantitative estimate of drug-likeness (QED) is 0.580. The van der Waals surface area contributed by atoms with Gasteiger partial charge in [-0.1, -0.05) is 49.0 Å². The molecule has 0 aliphatic heterocycles. The van der Waals surface area contributed by atoms with E-state index in [9.17, 15) is 9.59 Å². The van der Waals surface area contributed by atoms with E-state index in [1.165, 1.54) is 0 Å². The van der Waals surface area contributed by atoms with Crippen molar-refractivity contribution in [3.63, 3.8) is 0 Å². The van der Waals surface area contributed by atoms with E-state index in [1.807, 2.05) is 63.2 Å². The number of esters is 2. The molecule has 2 aromatic carbocycles. The van der Waals surface area contributed by atoms with Crippen molar-refractivity contribution < 1.29 is 19.1 Å². The third-order valence-corrected chi connectivity index (χ3v) is 4.28. The molecule has 0 heterocycles. The van der Waals surface area contributed by atoms with Gasteiger partial charge in [0.05, 0.1) is 6.42 Å². The highest BCUT2D eigenvalue weighted by molar-refractivity contribution is 5.88. The van der Waals surface area contributed by atoms with Crippen molar-refractivity contribution in [3.8, 4) is 11.1 Å². The van der Waals surface area contributed by atoms with Gasteiger partial charge in [-0.15, -0.1) is 0 Å². The topological polar surface area (TPSA) is 52.6 Å². The van der Waals surface area contributed by atoms with Crippen LogP contribution in [0, 0.1) is 0 Å². The first kappa shape index (κ1) is 18.9. The lowest BCUT2D eigenvalue weighted by Crippen LogP contribution is -2.24. The zero-order chi connectivity index (χ0) is 19.8. The summed E-state index contributed by atoms with van der Waals surface area (Å²) in [6, 6.07) is 13.6. The second-order valence-corrected chi connectivity index (χ2v) is 7.84. The first-order chi connectivity index (χ1) is 12.7. The Hall–Kier alpha value is -2.88. The maximum absolute atomic E-state index is 12.2. The molecule has 0 bridgehead atoms. The lowest BCUT2D eigenvalue weighted by molar-refractivity contribution is -0.154.